The topological polar surface area (TPSA) is 101 Å². The molecule has 0 heterocycles. The Morgan fingerprint density at radius 1 is 1.07 bits per heavy atom. The number of nitrogens with two attached hydrogens (primary N) is 1. The van der Waals surface area contributed by atoms with Gasteiger partial charge in [-0.2, -0.15) is 0 Å². The third-order valence-corrected chi connectivity index (χ3v) is 1.59. The molecule has 0 saturated heterocycles. The molecule has 0 bridgehead atoms. The molecule has 0 aliphatic carbocycles. The van der Waals surface area contributed by atoms with Crippen LogP contribution in [0, 0.1) is 0 Å². The highest BCUT2D eigenvalue weighted by atomic mass is 16.2. The van der Waals surface area contributed by atoms with E-state index in [1.54, 1.807) is 6.29 Å². The molecule has 0 aromatic heterocycles. The summed E-state index contributed by atoms with van der Waals surface area (Å²) in [6, 6.07) is 0. The lowest BCUT2D eigenvalue weighted by molar-refractivity contribution is -0.122. The minimum atomic E-state index is -0.196. The number of carbonyl (C=O) groups is 2. The van der Waals surface area contributed by atoms with Crippen LogP contribution >= 0.6 is 0 Å². The minimum absolute atomic E-state index is 0.161. The molecular formula is C9H16N3O3. The zero-order valence-electron chi connectivity index (χ0n) is 8.54. The molecule has 0 aliphatic rings. The van der Waals surface area contributed by atoms with Crippen LogP contribution in [0.4, 0.5) is 0 Å². The molecular weight excluding hydrogens is 198 g/mol. The fourth-order valence-corrected chi connectivity index (χ4v) is 0.876. The SMILES string of the molecule is NCCC(=O)NCCC(=O)NCC[C]=O. The summed E-state index contributed by atoms with van der Waals surface area (Å²) in [4.78, 5) is 31.8. The van der Waals surface area contributed by atoms with Crippen LogP contribution in [-0.4, -0.2) is 37.7 Å². The van der Waals surface area contributed by atoms with Gasteiger partial charge in [-0.25, -0.2) is 0 Å². The maximum Gasteiger partial charge on any atom is 0.221 e. The molecule has 85 valence electrons. The van der Waals surface area contributed by atoms with Gasteiger partial charge in [-0.05, 0) is 0 Å². The second kappa shape index (κ2) is 9.14. The Labute approximate surface area is 88.6 Å². The van der Waals surface area contributed by atoms with Crippen LogP contribution in [0.5, 0.6) is 0 Å². The summed E-state index contributed by atoms with van der Waals surface area (Å²) in [5.41, 5.74) is 5.17. The monoisotopic (exact) mass is 214 g/mol. The first-order chi connectivity index (χ1) is 7.20. The molecule has 0 unspecified atom stereocenters. The molecule has 0 aliphatic heterocycles. The van der Waals surface area contributed by atoms with E-state index in [0.29, 0.717) is 13.1 Å². The van der Waals surface area contributed by atoms with Crippen molar-refractivity contribution in [1.29, 1.82) is 0 Å². The predicted octanol–water partition coefficient (Wildman–Crippen LogP) is -1.54. The highest BCUT2D eigenvalue weighted by Crippen LogP contribution is 1.80. The van der Waals surface area contributed by atoms with E-state index in [1.807, 2.05) is 0 Å². The Kier molecular flexibility index (Phi) is 8.27. The number of carbonyl (C=O) groups excluding carboxylic acids is 3. The molecule has 0 saturated carbocycles. The molecule has 0 atom stereocenters. The molecule has 0 spiro atoms. The number of amides is 2. The van der Waals surface area contributed by atoms with Gasteiger partial charge in [0.05, 0.1) is 0 Å². The van der Waals surface area contributed by atoms with Crippen molar-refractivity contribution < 1.29 is 14.4 Å². The van der Waals surface area contributed by atoms with Gasteiger partial charge in [0.2, 0.25) is 11.8 Å². The molecule has 0 rings (SSSR count). The van der Waals surface area contributed by atoms with Gasteiger partial charge in [-0.1, -0.05) is 0 Å². The number of hydrogen-bond acceptors (Lipinski definition) is 4. The summed E-state index contributed by atoms with van der Waals surface area (Å²) in [7, 11) is 0. The standard InChI is InChI=1S/C9H16N3O3/c10-4-2-8(14)12-6-3-9(15)11-5-1-7-13/h1-6,10H2,(H,11,15)(H,12,14). The quantitative estimate of drug-likeness (QED) is 0.426. The lowest BCUT2D eigenvalue weighted by Gasteiger charge is -2.04. The van der Waals surface area contributed by atoms with E-state index in [9.17, 15) is 14.4 Å². The summed E-state index contributed by atoms with van der Waals surface area (Å²) in [5.74, 6) is -0.357. The van der Waals surface area contributed by atoms with E-state index in [1.165, 1.54) is 0 Å². The lowest BCUT2D eigenvalue weighted by Crippen LogP contribution is -2.31. The smallest absolute Gasteiger partial charge is 0.221 e. The van der Waals surface area contributed by atoms with Crippen LogP contribution in [0.3, 0.4) is 0 Å². The van der Waals surface area contributed by atoms with Crippen molar-refractivity contribution >= 4 is 18.1 Å². The van der Waals surface area contributed by atoms with Crippen molar-refractivity contribution in [3.8, 4) is 0 Å². The fourth-order valence-electron chi connectivity index (χ4n) is 0.876. The summed E-state index contributed by atoms with van der Waals surface area (Å²) in [6.45, 7) is 0.877. The van der Waals surface area contributed by atoms with Crippen LogP contribution in [0.15, 0.2) is 0 Å². The fraction of sp³-hybridized carbons (Fsp3) is 0.667. The number of rotatable bonds is 8. The molecule has 0 aromatic rings. The Hall–Kier alpha value is -1.43. The average molecular weight is 214 g/mol. The first-order valence-corrected chi connectivity index (χ1v) is 4.79. The molecule has 6 heteroatoms. The third-order valence-electron chi connectivity index (χ3n) is 1.59. The largest absolute Gasteiger partial charge is 0.356 e. The maximum absolute atomic E-state index is 11.0. The lowest BCUT2D eigenvalue weighted by atomic mass is 10.3. The second-order valence-electron chi connectivity index (χ2n) is 2.88. The Balaban J connectivity index is 3.38. The Bertz CT molecular complexity index is 219. The van der Waals surface area contributed by atoms with Gasteiger partial charge in [0, 0.05) is 38.9 Å². The average Bonchev–Trinajstić information content (AvgIpc) is 2.18. The summed E-state index contributed by atoms with van der Waals surface area (Å²) >= 11 is 0. The van der Waals surface area contributed by atoms with Gasteiger partial charge in [0.1, 0.15) is 0 Å². The highest BCUT2D eigenvalue weighted by Gasteiger charge is 2.02. The van der Waals surface area contributed by atoms with Crippen molar-refractivity contribution in [3.05, 3.63) is 0 Å². The van der Waals surface area contributed by atoms with Gasteiger partial charge < -0.3 is 16.4 Å². The van der Waals surface area contributed by atoms with Gasteiger partial charge >= 0.3 is 0 Å². The van der Waals surface area contributed by atoms with E-state index in [4.69, 9.17) is 5.73 Å². The molecule has 4 N–H and O–H groups in total. The molecule has 1 radical (unpaired) electrons. The predicted molar refractivity (Wildman–Crippen MR) is 54.6 cm³/mol. The van der Waals surface area contributed by atoms with E-state index >= 15 is 0 Å². The third kappa shape index (κ3) is 8.89. The summed E-state index contributed by atoms with van der Waals surface area (Å²) in [6.07, 6.45) is 2.32. The Morgan fingerprint density at radius 3 is 2.27 bits per heavy atom. The van der Waals surface area contributed by atoms with Crippen molar-refractivity contribution in [2.45, 2.75) is 19.3 Å². The van der Waals surface area contributed by atoms with E-state index in [2.05, 4.69) is 10.6 Å². The zero-order valence-corrected chi connectivity index (χ0v) is 8.54. The van der Waals surface area contributed by atoms with Gasteiger partial charge in [0.15, 0.2) is 6.29 Å². The van der Waals surface area contributed by atoms with Crippen LogP contribution in [0.25, 0.3) is 0 Å². The molecule has 0 aromatic carbocycles. The van der Waals surface area contributed by atoms with Gasteiger partial charge in [0.25, 0.3) is 0 Å². The first-order valence-electron chi connectivity index (χ1n) is 4.79. The second-order valence-corrected chi connectivity index (χ2v) is 2.88. The van der Waals surface area contributed by atoms with Crippen LogP contribution in [-0.2, 0) is 14.4 Å². The number of nitrogens with one attached hydrogen (secondary N) is 2. The molecule has 15 heavy (non-hydrogen) atoms. The van der Waals surface area contributed by atoms with E-state index < -0.39 is 0 Å². The normalized spacial score (nSPS) is 9.40. The van der Waals surface area contributed by atoms with Crippen LogP contribution < -0.4 is 16.4 Å². The zero-order chi connectivity index (χ0) is 11.5. The highest BCUT2D eigenvalue weighted by molar-refractivity contribution is 5.79. The van der Waals surface area contributed by atoms with Crippen LogP contribution in [0.1, 0.15) is 19.3 Å². The van der Waals surface area contributed by atoms with Crippen molar-refractivity contribution in [3.63, 3.8) is 0 Å². The summed E-state index contributed by atoms with van der Waals surface area (Å²) in [5, 5.41) is 5.06. The van der Waals surface area contributed by atoms with Crippen molar-refractivity contribution in [1.82, 2.24) is 10.6 Å². The van der Waals surface area contributed by atoms with Crippen molar-refractivity contribution in [2.75, 3.05) is 19.6 Å². The summed E-state index contributed by atoms with van der Waals surface area (Å²) < 4.78 is 0. The maximum atomic E-state index is 11.0. The first kappa shape index (κ1) is 13.6. The molecule has 6 nitrogen and oxygen atoms in total. The molecule has 2 amide bonds. The number of hydrogen-bond donors (Lipinski definition) is 3. The van der Waals surface area contributed by atoms with Gasteiger partial charge in [-0.15, -0.1) is 0 Å². The Morgan fingerprint density at radius 2 is 1.67 bits per heavy atom. The van der Waals surface area contributed by atoms with E-state index in [-0.39, 0.29) is 37.6 Å². The molecule has 0 fully saturated rings. The minimum Gasteiger partial charge on any atom is -0.356 e. The van der Waals surface area contributed by atoms with Crippen molar-refractivity contribution in [2.24, 2.45) is 5.73 Å². The van der Waals surface area contributed by atoms with E-state index in [0.717, 1.165) is 0 Å². The van der Waals surface area contributed by atoms with Crippen LogP contribution in [0.2, 0.25) is 0 Å². The van der Waals surface area contributed by atoms with Gasteiger partial charge in [-0.3, -0.25) is 14.4 Å².